The predicted molar refractivity (Wildman–Crippen MR) is 62.1 cm³/mol. The summed E-state index contributed by atoms with van der Waals surface area (Å²) in [4.78, 5) is 11.1. The number of halogens is 1. The van der Waals surface area contributed by atoms with E-state index >= 15 is 0 Å². The van der Waals surface area contributed by atoms with Crippen molar-refractivity contribution < 1.29 is 9.53 Å². The molecule has 90 valence electrons. The van der Waals surface area contributed by atoms with Gasteiger partial charge in [-0.15, -0.1) is 12.4 Å². The van der Waals surface area contributed by atoms with Gasteiger partial charge in [0.1, 0.15) is 0 Å². The molecule has 1 unspecified atom stereocenters. The van der Waals surface area contributed by atoms with Crippen LogP contribution in [0.4, 0.5) is 0 Å². The Morgan fingerprint density at radius 1 is 1.53 bits per heavy atom. The van der Waals surface area contributed by atoms with Crippen LogP contribution in [-0.2, 0) is 9.53 Å². The van der Waals surface area contributed by atoms with Crippen LogP contribution in [0, 0.1) is 5.92 Å². The summed E-state index contributed by atoms with van der Waals surface area (Å²) in [5.74, 6) is 0.647. The Labute approximate surface area is 97.3 Å². The van der Waals surface area contributed by atoms with E-state index in [1.807, 2.05) is 0 Å². The van der Waals surface area contributed by atoms with Crippen molar-refractivity contribution in [2.24, 2.45) is 11.7 Å². The van der Waals surface area contributed by atoms with Crippen molar-refractivity contribution in [3.05, 3.63) is 0 Å². The van der Waals surface area contributed by atoms with Gasteiger partial charge in [0.2, 0.25) is 5.91 Å². The van der Waals surface area contributed by atoms with Gasteiger partial charge in [0, 0.05) is 19.8 Å². The topological polar surface area (TPSA) is 64.4 Å². The number of carbonyl (C=O) groups is 1. The maximum absolute atomic E-state index is 11.1. The molecule has 0 radical (unpaired) electrons. The first-order valence-electron chi connectivity index (χ1n) is 5.31. The third-order valence-electron chi connectivity index (χ3n) is 2.61. The zero-order valence-electron chi connectivity index (χ0n) is 9.20. The van der Waals surface area contributed by atoms with Crippen molar-refractivity contribution >= 4 is 18.3 Å². The molecule has 3 N–H and O–H groups in total. The Morgan fingerprint density at radius 2 is 2.13 bits per heavy atom. The van der Waals surface area contributed by atoms with Crippen molar-refractivity contribution in [3.63, 3.8) is 0 Å². The Kier molecular flexibility index (Phi) is 7.74. The number of rotatable bonds is 4. The highest BCUT2D eigenvalue weighted by Gasteiger charge is 2.14. The van der Waals surface area contributed by atoms with Gasteiger partial charge in [-0.25, -0.2) is 0 Å². The molecule has 0 bridgehead atoms. The Hall–Kier alpha value is -0.320. The molecule has 5 heteroatoms. The first kappa shape index (κ1) is 14.7. The van der Waals surface area contributed by atoms with Crippen LogP contribution in [0.15, 0.2) is 0 Å². The molecule has 1 saturated heterocycles. The molecule has 0 aromatic rings. The Balaban J connectivity index is 0.00000196. The van der Waals surface area contributed by atoms with E-state index in [-0.39, 0.29) is 18.3 Å². The summed E-state index contributed by atoms with van der Waals surface area (Å²) >= 11 is 0. The van der Waals surface area contributed by atoms with E-state index in [0.29, 0.717) is 5.92 Å². The van der Waals surface area contributed by atoms with Gasteiger partial charge >= 0.3 is 0 Å². The molecule has 15 heavy (non-hydrogen) atoms. The minimum atomic E-state index is -0.398. The van der Waals surface area contributed by atoms with E-state index in [2.05, 4.69) is 5.32 Å². The normalized spacial score (nSPS) is 19.1. The fraction of sp³-hybridized carbons (Fsp3) is 0.900. The molecule has 0 aromatic carbocycles. The molecular formula is C10H21ClN2O2. The van der Waals surface area contributed by atoms with Gasteiger partial charge in [0.05, 0.1) is 6.04 Å². The molecule has 4 nitrogen and oxygen atoms in total. The maximum atomic E-state index is 11.1. The van der Waals surface area contributed by atoms with Gasteiger partial charge in [-0.1, -0.05) is 0 Å². The molecule has 1 rings (SSSR count). The monoisotopic (exact) mass is 236 g/mol. The minimum Gasteiger partial charge on any atom is -0.381 e. The average Bonchev–Trinajstić information content (AvgIpc) is 2.19. The molecule has 1 atom stereocenters. The zero-order chi connectivity index (χ0) is 10.4. The second kappa shape index (κ2) is 7.91. The lowest BCUT2D eigenvalue weighted by atomic mass is 9.97. The lowest BCUT2D eigenvalue weighted by molar-refractivity contribution is -0.122. The number of hydrogen-bond donors (Lipinski definition) is 2. The fourth-order valence-corrected chi connectivity index (χ4v) is 1.60. The smallest absolute Gasteiger partial charge is 0.236 e. The first-order valence-corrected chi connectivity index (χ1v) is 5.31. The van der Waals surface area contributed by atoms with Gasteiger partial charge < -0.3 is 15.8 Å². The van der Waals surface area contributed by atoms with E-state index in [1.165, 1.54) is 0 Å². The number of ether oxygens (including phenoxy) is 1. The number of hydrogen-bond acceptors (Lipinski definition) is 3. The molecule has 0 aliphatic carbocycles. The molecule has 0 saturated carbocycles. The Morgan fingerprint density at radius 3 is 2.67 bits per heavy atom. The average molecular weight is 237 g/mol. The number of amides is 1. The number of nitrogens with two attached hydrogens (primary N) is 1. The molecule has 1 heterocycles. The molecule has 1 aliphatic heterocycles. The van der Waals surface area contributed by atoms with E-state index in [9.17, 15) is 4.79 Å². The third kappa shape index (κ3) is 5.97. The van der Waals surface area contributed by atoms with Crippen LogP contribution >= 0.6 is 12.4 Å². The Bertz CT molecular complexity index is 182. The molecule has 1 aliphatic rings. The van der Waals surface area contributed by atoms with Crippen molar-refractivity contribution in [1.82, 2.24) is 5.32 Å². The van der Waals surface area contributed by atoms with Gasteiger partial charge in [-0.3, -0.25) is 4.79 Å². The molecule has 0 aromatic heterocycles. The number of nitrogens with one attached hydrogen (secondary N) is 1. The van der Waals surface area contributed by atoms with Gasteiger partial charge in [-0.2, -0.15) is 0 Å². The maximum Gasteiger partial charge on any atom is 0.236 e. The first-order chi connectivity index (χ1) is 6.70. The highest BCUT2D eigenvalue weighted by atomic mass is 35.5. The van der Waals surface area contributed by atoms with Gasteiger partial charge in [0.15, 0.2) is 0 Å². The summed E-state index contributed by atoms with van der Waals surface area (Å²) in [6.07, 6.45) is 3.28. The zero-order valence-corrected chi connectivity index (χ0v) is 10.0. The summed E-state index contributed by atoms with van der Waals surface area (Å²) in [5, 5.41) is 2.82. The summed E-state index contributed by atoms with van der Waals surface area (Å²) < 4.78 is 5.26. The van der Waals surface area contributed by atoms with Crippen molar-refractivity contribution in [2.75, 3.05) is 19.8 Å². The van der Waals surface area contributed by atoms with E-state index in [1.54, 1.807) is 6.92 Å². The van der Waals surface area contributed by atoms with Crippen LogP contribution in [0.2, 0.25) is 0 Å². The summed E-state index contributed by atoms with van der Waals surface area (Å²) in [5.41, 5.74) is 5.42. The second-order valence-corrected chi connectivity index (χ2v) is 3.92. The predicted octanol–water partition coefficient (Wildman–Crippen LogP) is 0.688. The third-order valence-corrected chi connectivity index (χ3v) is 2.61. The summed E-state index contributed by atoms with van der Waals surface area (Å²) in [6, 6.07) is -0.398. The largest absolute Gasteiger partial charge is 0.381 e. The second-order valence-electron chi connectivity index (χ2n) is 3.92. The van der Waals surface area contributed by atoms with Crippen LogP contribution in [-0.4, -0.2) is 31.7 Å². The SMILES string of the molecule is CC(N)C(=O)NCCC1CCOCC1.Cl. The van der Waals surface area contributed by atoms with Crippen LogP contribution in [0.25, 0.3) is 0 Å². The van der Waals surface area contributed by atoms with Crippen molar-refractivity contribution in [3.8, 4) is 0 Å². The van der Waals surface area contributed by atoms with Crippen LogP contribution < -0.4 is 11.1 Å². The van der Waals surface area contributed by atoms with E-state index in [0.717, 1.165) is 39.0 Å². The van der Waals surface area contributed by atoms with Crippen molar-refractivity contribution in [1.29, 1.82) is 0 Å². The highest BCUT2D eigenvalue weighted by molar-refractivity contribution is 5.85. The molecule has 1 amide bonds. The molecule has 1 fully saturated rings. The number of carbonyl (C=O) groups excluding carboxylic acids is 1. The lowest BCUT2D eigenvalue weighted by Crippen LogP contribution is -2.39. The quantitative estimate of drug-likeness (QED) is 0.755. The van der Waals surface area contributed by atoms with Crippen LogP contribution in [0.5, 0.6) is 0 Å². The standard InChI is InChI=1S/C10H20N2O2.ClH/c1-8(11)10(13)12-5-2-9-3-6-14-7-4-9;/h8-9H,2-7,11H2,1H3,(H,12,13);1H. The minimum absolute atomic E-state index is 0. The molecular weight excluding hydrogens is 216 g/mol. The van der Waals surface area contributed by atoms with Crippen LogP contribution in [0.1, 0.15) is 26.2 Å². The summed E-state index contributed by atoms with van der Waals surface area (Å²) in [7, 11) is 0. The van der Waals surface area contributed by atoms with Crippen molar-refractivity contribution in [2.45, 2.75) is 32.2 Å². The van der Waals surface area contributed by atoms with Gasteiger partial charge in [0.25, 0.3) is 0 Å². The summed E-state index contributed by atoms with van der Waals surface area (Å²) in [6.45, 7) is 4.17. The lowest BCUT2D eigenvalue weighted by Gasteiger charge is -2.22. The molecule has 0 spiro atoms. The van der Waals surface area contributed by atoms with E-state index < -0.39 is 6.04 Å². The highest BCUT2D eigenvalue weighted by Crippen LogP contribution is 2.17. The fourth-order valence-electron chi connectivity index (χ4n) is 1.60. The van der Waals surface area contributed by atoms with E-state index in [4.69, 9.17) is 10.5 Å². The van der Waals surface area contributed by atoms with Gasteiger partial charge in [-0.05, 0) is 32.1 Å². The van der Waals surface area contributed by atoms with Crippen LogP contribution in [0.3, 0.4) is 0 Å².